The first-order valence-electron chi connectivity index (χ1n) is 5.59. The molecule has 0 aliphatic carbocycles. The van der Waals surface area contributed by atoms with E-state index >= 15 is 0 Å². The van der Waals surface area contributed by atoms with Crippen LogP contribution in [0.3, 0.4) is 0 Å². The van der Waals surface area contributed by atoms with E-state index in [1.54, 1.807) is 30.3 Å². The molecular formula is C14H8Cl4N2. The van der Waals surface area contributed by atoms with Crippen LogP contribution in [0.4, 0.5) is 5.69 Å². The molecule has 2 nitrogen and oxygen atoms in total. The molecule has 0 saturated carbocycles. The number of anilines is 1. The molecule has 0 atom stereocenters. The number of nitriles is 1. The maximum absolute atomic E-state index is 8.88. The predicted molar refractivity (Wildman–Crippen MR) is 85.0 cm³/mol. The molecule has 0 amide bonds. The Bertz CT molecular complexity index is 692. The highest BCUT2D eigenvalue weighted by atomic mass is 35.5. The zero-order valence-corrected chi connectivity index (χ0v) is 13.1. The largest absolute Gasteiger partial charge is 0.380 e. The lowest BCUT2D eigenvalue weighted by Crippen LogP contribution is -2.02. The van der Waals surface area contributed by atoms with Gasteiger partial charge in [-0.15, -0.1) is 0 Å². The molecule has 2 rings (SSSR count). The summed E-state index contributed by atoms with van der Waals surface area (Å²) >= 11 is 24.2. The monoisotopic (exact) mass is 344 g/mol. The molecule has 0 saturated heterocycles. The van der Waals surface area contributed by atoms with Crippen LogP contribution >= 0.6 is 46.4 Å². The Morgan fingerprint density at radius 1 is 0.950 bits per heavy atom. The van der Waals surface area contributed by atoms with Crippen LogP contribution in [0.25, 0.3) is 0 Å². The van der Waals surface area contributed by atoms with Crippen molar-refractivity contribution in [2.45, 2.75) is 6.54 Å². The van der Waals surface area contributed by atoms with Crippen molar-refractivity contribution in [3.05, 3.63) is 61.5 Å². The van der Waals surface area contributed by atoms with Gasteiger partial charge in [0.2, 0.25) is 0 Å². The molecule has 0 radical (unpaired) electrons. The predicted octanol–water partition coefficient (Wildman–Crippen LogP) is 5.78. The third-order valence-corrected chi connectivity index (χ3v) is 4.22. The first-order chi connectivity index (χ1) is 9.52. The second-order valence-electron chi connectivity index (χ2n) is 3.98. The maximum atomic E-state index is 8.88. The van der Waals surface area contributed by atoms with Gasteiger partial charge in [0.1, 0.15) is 0 Å². The van der Waals surface area contributed by atoms with E-state index in [-0.39, 0.29) is 0 Å². The summed E-state index contributed by atoms with van der Waals surface area (Å²) < 4.78 is 0. The standard InChI is InChI=1S/C14H8Cl4N2/c15-10-3-4-12(17)14(18)9(10)7-20-13-5-8(6-19)1-2-11(13)16/h1-5,20H,7H2. The fraction of sp³-hybridized carbons (Fsp3) is 0.0714. The van der Waals surface area contributed by atoms with Crippen LogP contribution in [0.1, 0.15) is 11.1 Å². The lowest BCUT2D eigenvalue weighted by Gasteiger charge is -2.12. The van der Waals surface area contributed by atoms with Gasteiger partial charge in [0.05, 0.1) is 32.4 Å². The number of hydrogen-bond donors (Lipinski definition) is 1. The van der Waals surface area contributed by atoms with Crippen LogP contribution < -0.4 is 5.32 Å². The van der Waals surface area contributed by atoms with Crippen molar-refractivity contribution < 1.29 is 0 Å². The minimum Gasteiger partial charge on any atom is -0.380 e. The molecular weight excluding hydrogens is 338 g/mol. The molecule has 0 aromatic heterocycles. The Balaban J connectivity index is 2.26. The van der Waals surface area contributed by atoms with Crippen LogP contribution in [-0.4, -0.2) is 0 Å². The van der Waals surface area contributed by atoms with Crippen LogP contribution in [0, 0.1) is 11.3 Å². The van der Waals surface area contributed by atoms with Gasteiger partial charge in [0.25, 0.3) is 0 Å². The quantitative estimate of drug-likeness (QED) is 0.715. The normalized spacial score (nSPS) is 10.2. The molecule has 1 N–H and O–H groups in total. The van der Waals surface area contributed by atoms with Crippen LogP contribution in [0.5, 0.6) is 0 Å². The van der Waals surface area contributed by atoms with Gasteiger partial charge in [-0.2, -0.15) is 5.26 Å². The van der Waals surface area contributed by atoms with Gasteiger partial charge in [-0.1, -0.05) is 46.4 Å². The Labute approximate surface area is 136 Å². The second-order valence-corrected chi connectivity index (χ2v) is 5.58. The molecule has 0 aliphatic heterocycles. The number of hydrogen-bond acceptors (Lipinski definition) is 2. The van der Waals surface area contributed by atoms with Gasteiger partial charge in [-0.25, -0.2) is 0 Å². The van der Waals surface area contributed by atoms with Crippen molar-refractivity contribution in [3.8, 4) is 6.07 Å². The zero-order valence-electron chi connectivity index (χ0n) is 10.1. The molecule has 0 bridgehead atoms. The number of nitrogens with zero attached hydrogens (tertiary/aromatic N) is 1. The minimum atomic E-state index is 0.354. The molecule has 0 unspecified atom stereocenters. The van der Waals surface area contributed by atoms with Gasteiger partial charge >= 0.3 is 0 Å². The summed E-state index contributed by atoms with van der Waals surface area (Å²) in [6.45, 7) is 0.354. The van der Waals surface area contributed by atoms with Gasteiger partial charge in [-0.3, -0.25) is 0 Å². The summed E-state index contributed by atoms with van der Waals surface area (Å²) in [5.74, 6) is 0. The molecule has 20 heavy (non-hydrogen) atoms. The summed E-state index contributed by atoms with van der Waals surface area (Å²) in [4.78, 5) is 0. The Kier molecular flexibility index (Phi) is 5.01. The lowest BCUT2D eigenvalue weighted by atomic mass is 10.2. The van der Waals surface area contributed by atoms with Gasteiger partial charge in [0, 0.05) is 17.1 Å². The highest BCUT2D eigenvalue weighted by Crippen LogP contribution is 2.32. The summed E-state index contributed by atoms with van der Waals surface area (Å²) in [5.41, 5.74) is 1.83. The van der Waals surface area contributed by atoms with E-state index in [4.69, 9.17) is 51.7 Å². The van der Waals surface area contributed by atoms with Crippen molar-refractivity contribution in [2.24, 2.45) is 0 Å². The molecule has 6 heteroatoms. The second kappa shape index (κ2) is 6.56. The molecule has 0 spiro atoms. The van der Waals surface area contributed by atoms with E-state index in [0.29, 0.717) is 43.4 Å². The molecule has 102 valence electrons. The average molecular weight is 346 g/mol. The smallest absolute Gasteiger partial charge is 0.0992 e. The lowest BCUT2D eigenvalue weighted by molar-refractivity contribution is 1.15. The van der Waals surface area contributed by atoms with Crippen molar-refractivity contribution in [3.63, 3.8) is 0 Å². The van der Waals surface area contributed by atoms with E-state index in [0.717, 1.165) is 0 Å². The highest BCUT2D eigenvalue weighted by Gasteiger charge is 2.10. The van der Waals surface area contributed by atoms with Crippen molar-refractivity contribution in [1.82, 2.24) is 0 Å². The molecule has 0 heterocycles. The Morgan fingerprint density at radius 2 is 1.60 bits per heavy atom. The van der Waals surface area contributed by atoms with Gasteiger partial charge in [-0.05, 0) is 30.3 Å². The molecule has 2 aromatic rings. The highest BCUT2D eigenvalue weighted by molar-refractivity contribution is 6.44. The number of benzene rings is 2. The van der Waals surface area contributed by atoms with E-state index in [1.165, 1.54) is 0 Å². The topological polar surface area (TPSA) is 35.8 Å². The van der Waals surface area contributed by atoms with E-state index in [1.807, 2.05) is 0 Å². The summed E-state index contributed by atoms with van der Waals surface area (Å²) in [7, 11) is 0. The average Bonchev–Trinajstić information content (AvgIpc) is 2.45. The summed E-state index contributed by atoms with van der Waals surface area (Å²) in [5, 5.41) is 13.8. The molecule has 0 fully saturated rings. The maximum Gasteiger partial charge on any atom is 0.0992 e. The number of halogens is 4. The number of rotatable bonds is 3. The first kappa shape index (κ1) is 15.3. The molecule has 0 aliphatic rings. The van der Waals surface area contributed by atoms with Crippen LogP contribution in [0.2, 0.25) is 20.1 Å². The summed E-state index contributed by atoms with van der Waals surface area (Å²) in [6, 6.07) is 10.3. The fourth-order valence-electron chi connectivity index (χ4n) is 1.65. The first-order valence-corrected chi connectivity index (χ1v) is 7.10. The Morgan fingerprint density at radius 3 is 2.30 bits per heavy atom. The van der Waals surface area contributed by atoms with Crippen molar-refractivity contribution >= 4 is 52.1 Å². The zero-order chi connectivity index (χ0) is 14.7. The van der Waals surface area contributed by atoms with Gasteiger partial charge in [0.15, 0.2) is 0 Å². The number of nitrogens with one attached hydrogen (secondary N) is 1. The van der Waals surface area contributed by atoms with Crippen LogP contribution in [-0.2, 0) is 6.54 Å². The van der Waals surface area contributed by atoms with E-state index < -0.39 is 0 Å². The van der Waals surface area contributed by atoms with Crippen molar-refractivity contribution in [2.75, 3.05) is 5.32 Å². The SMILES string of the molecule is N#Cc1ccc(Cl)c(NCc2c(Cl)ccc(Cl)c2Cl)c1. The summed E-state index contributed by atoms with van der Waals surface area (Å²) in [6.07, 6.45) is 0. The minimum absolute atomic E-state index is 0.354. The van der Waals surface area contributed by atoms with Crippen LogP contribution in [0.15, 0.2) is 30.3 Å². The van der Waals surface area contributed by atoms with Crippen molar-refractivity contribution in [1.29, 1.82) is 5.26 Å². The Hall–Kier alpha value is -1.11. The molecule has 2 aromatic carbocycles. The third kappa shape index (κ3) is 3.31. The fourth-order valence-corrected chi connectivity index (χ4v) is 2.51. The van der Waals surface area contributed by atoms with E-state index in [9.17, 15) is 0 Å². The van der Waals surface area contributed by atoms with E-state index in [2.05, 4.69) is 11.4 Å². The van der Waals surface area contributed by atoms with Gasteiger partial charge < -0.3 is 5.32 Å². The third-order valence-electron chi connectivity index (χ3n) is 2.69.